The number of cyclic esters (lactones) is 1. The highest BCUT2D eigenvalue weighted by molar-refractivity contribution is 6.33. The minimum Gasteiger partial charge on any atom is -0.467 e. The Morgan fingerprint density at radius 2 is 1.84 bits per heavy atom. The smallest absolute Gasteiger partial charge is 0.346 e. The molecule has 2 rings (SSSR count). The Labute approximate surface area is 221 Å². The van der Waals surface area contributed by atoms with Crippen molar-refractivity contribution in [2.45, 2.75) is 52.6 Å². The molecule has 11 heteroatoms. The van der Waals surface area contributed by atoms with Gasteiger partial charge in [-0.3, -0.25) is 10.3 Å². The number of allylic oxidation sites excluding steroid dienone is 3. The van der Waals surface area contributed by atoms with Gasteiger partial charge < -0.3 is 19.0 Å². The molecule has 1 aliphatic heterocycles. The monoisotopic (exact) mass is 536 g/mol. The molecular formula is C26H33ClN2O8. The number of fused-ring (bicyclic) bond motifs is 1. The number of hydrogen-bond donors (Lipinski definition) is 1. The Balaban J connectivity index is 2.56. The van der Waals surface area contributed by atoms with E-state index in [2.05, 4.69) is 20.1 Å². The summed E-state index contributed by atoms with van der Waals surface area (Å²) in [5.74, 6) is -1.66. The van der Waals surface area contributed by atoms with E-state index in [4.69, 9.17) is 26.0 Å². The first kappa shape index (κ1) is 29.9. The van der Waals surface area contributed by atoms with Crippen molar-refractivity contribution >= 4 is 35.2 Å². The summed E-state index contributed by atoms with van der Waals surface area (Å²) in [4.78, 5) is 46.7. The molecule has 1 unspecified atom stereocenters. The van der Waals surface area contributed by atoms with Crippen molar-refractivity contribution in [2.24, 2.45) is 5.16 Å². The van der Waals surface area contributed by atoms with Crippen LogP contribution in [0.5, 0.6) is 0 Å². The fourth-order valence-electron chi connectivity index (χ4n) is 3.55. The summed E-state index contributed by atoms with van der Waals surface area (Å²) >= 11 is 6.68. The molecule has 0 radical (unpaired) electrons. The highest BCUT2D eigenvalue weighted by atomic mass is 35.5. The highest BCUT2D eigenvalue weighted by Gasteiger charge is 2.23. The predicted molar refractivity (Wildman–Crippen MR) is 137 cm³/mol. The van der Waals surface area contributed by atoms with Crippen LogP contribution in [0.15, 0.2) is 35.1 Å². The number of halogens is 1. The number of nitrogens with one attached hydrogen (secondary N) is 1. The summed E-state index contributed by atoms with van der Waals surface area (Å²) < 4.78 is 14.9. The number of carbonyl (C=O) groups is 3. The maximum atomic E-state index is 13.2. The normalized spacial score (nSPS) is 19.9. The third kappa shape index (κ3) is 9.55. The Morgan fingerprint density at radius 1 is 1.14 bits per heavy atom. The Hall–Kier alpha value is -3.37. The summed E-state index contributed by atoms with van der Waals surface area (Å²) in [6.45, 7) is 4.75. The van der Waals surface area contributed by atoms with Crippen molar-refractivity contribution in [3.8, 4) is 0 Å². The fourth-order valence-corrected chi connectivity index (χ4v) is 3.76. The molecule has 37 heavy (non-hydrogen) atoms. The van der Waals surface area contributed by atoms with Crippen LogP contribution in [-0.2, 0) is 39.9 Å². The summed E-state index contributed by atoms with van der Waals surface area (Å²) in [7, 11) is 2.50. The first-order valence-corrected chi connectivity index (χ1v) is 12.1. The molecular weight excluding hydrogens is 504 g/mol. The van der Waals surface area contributed by atoms with Gasteiger partial charge in [-0.05, 0) is 56.4 Å². The van der Waals surface area contributed by atoms with E-state index in [-0.39, 0.29) is 19.1 Å². The first-order valence-electron chi connectivity index (χ1n) is 11.7. The van der Waals surface area contributed by atoms with Crippen LogP contribution in [-0.4, -0.2) is 57.2 Å². The van der Waals surface area contributed by atoms with Crippen LogP contribution in [0.4, 0.5) is 0 Å². The van der Waals surface area contributed by atoms with Crippen molar-refractivity contribution in [3.05, 3.63) is 57.3 Å². The number of carbonyl (C=O) groups excluding carboxylic acids is 3. The van der Waals surface area contributed by atoms with Crippen molar-refractivity contribution < 1.29 is 38.3 Å². The molecule has 1 atom stereocenters. The van der Waals surface area contributed by atoms with E-state index in [0.717, 1.165) is 5.56 Å². The Kier molecular flexibility index (Phi) is 12.1. The van der Waals surface area contributed by atoms with Crippen LogP contribution in [0.3, 0.4) is 0 Å². The van der Waals surface area contributed by atoms with Gasteiger partial charge in [0.1, 0.15) is 6.10 Å². The molecule has 0 saturated heterocycles. The van der Waals surface area contributed by atoms with Gasteiger partial charge in [0.15, 0.2) is 6.61 Å². The van der Waals surface area contributed by atoms with Crippen LogP contribution >= 0.6 is 11.6 Å². The van der Waals surface area contributed by atoms with Crippen LogP contribution in [0.2, 0.25) is 5.02 Å². The average molecular weight is 537 g/mol. The fraction of sp³-hybridized carbons (Fsp3) is 0.462. The molecule has 0 saturated carbocycles. The second-order valence-electron chi connectivity index (χ2n) is 8.39. The highest BCUT2D eigenvalue weighted by Crippen LogP contribution is 2.30. The number of hydroxylamine groups is 1. The molecule has 0 fully saturated rings. The quantitative estimate of drug-likeness (QED) is 0.239. The maximum absolute atomic E-state index is 13.2. The lowest BCUT2D eigenvalue weighted by atomic mass is 9.94. The Bertz CT molecular complexity index is 1080. The van der Waals surface area contributed by atoms with E-state index in [1.807, 2.05) is 39.0 Å². The second-order valence-corrected chi connectivity index (χ2v) is 8.76. The predicted octanol–water partition coefficient (Wildman–Crippen LogP) is 3.91. The zero-order valence-electron chi connectivity index (χ0n) is 21.7. The lowest BCUT2D eigenvalue weighted by Gasteiger charge is -2.19. The largest absolute Gasteiger partial charge is 0.467 e. The molecule has 1 aromatic rings. The third-order valence-corrected chi connectivity index (χ3v) is 5.91. The van der Waals surface area contributed by atoms with Gasteiger partial charge in [0.25, 0.3) is 0 Å². The van der Waals surface area contributed by atoms with E-state index < -0.39 is 24.5 Å². The number of aryl methyl sites for hydroxylation is 2. The molecule has 1 N–H and O–H groups in total. The van der Waals surface area contributed by atoms with Crippen molar-refractivity contribution in [1.29, 1.82) is 0 Å². The zero-order chi connectivity index (χ0) is 27.4. The van der Waals surface area contributed by atoms with E-state index in [1.165, 1.54) is 14.2 Å². The number of ether oxygens (including phenoxy) is 3. The molecule has 10 nitrogen and oxygen atoms in total. The van der Waals surface area contributed by atoms with Crippen molar-refractivity contribution in [1.82, 2.24) is 5.48 Å². The van der Waals surface area contributed by atoms with Gasteiger partial charge in [-0.25, -0.2) is 14.4 Å². The summed E-state index contributed by atoms with van der Waals surface area (Å²) in [6.07, 6.45) is 6.92. The van der Waals surface area contributed by atoms with Crippen LogP contribution in [0.1, 0.15) is 53.2 Å². The topological polar surface area (TPSA) is 122 Å². The van der Waals surface area contributed by atoms with E-state index in [1.54, 1.807) is 6.08 Å². The first-order chi connectivity index (χ1) is 17.7. The lowest BCUT2D eigenvalue weighted by molar-refractivity contribution is -0.148. The van der Waals surface area contributed by atoms with E-state index >= 15 is 0 Å². The van der Waals surface area contributed by atoms with Gasteiger partial charge in [-0.1, -0.05) is 35.0 Å². The van der Waals surface area contributed by atoms with E-state index in [0.29, 0.717) is 52.4 Å². The van der Waals surface area contributed by atoms with Gasteiger partial charge in [-0.2, -0.15) is 0 Å². The van der Waals surface area contributed by atoms with Gasteiger partial charge >= 0.3 is 17.9 Å². The van der Waals surface area contributed by atoms with Gasteiger partial charge in [0.05, 0.1) is 25.5 Å². The molecule has 1 aliphatic rings. The lowest BCUT2D eigenvalue weighted by Crippen LogP contribution is -2.22. The minimum absolute atomic E-state index is 0.0827. The van der Waals surface area contributed by atoms with Gasteiger partial charge in [-0.15, -0.1) is 0 Å². The van der Waals surface area contributed by atoms with Crippen molar-refractivity contribution in [3.63, 3.8) is 0 Å². The summed E-state index contributed by atoms with van der Waals surface area (Å²) in [6, 6.07) is 1.82. The Morgan fingerprint density at radius 3 is 2.54 bits per heavy atom. The van der Waals surface area contributed by atoms with Crippen LogP contribution in [0, 0.1) is 13.8 Å². The second kappa shape index (κ2) is 15.0. The number of esters is 3. The van der Waals surface area contributed by atoms with Crippen LogP contribution < -0.4 is 5.48 Å². The average Bonchev–Trinajstić information content (AvgIpc) is 2.85. The molecule has 202 valence electrons. The van der Waals surface area contributed by atoms with Gasteiger partial charge in [0.2, 0.25) is 6.61 Å². The maximum Gasteiger partial charge on any atom is 0.346 e. The number of nitrogens with zero attached hydrogens (tertiary/aromatic N) is 1. The zero-order valence-corrected chi connectivity index (χ0v) is 22.5. The molecule has 0 aromatic heterocycles. The summed E-state index contributed by atoms with van der Waals surface area (Å²) in [5.41, 5.74) is 6.00. The number of rotatable bonds is 7. The third-order valence-electron chi connectivity index (χ3n) is 5.38. The number of oxime groups is 1. The minimum atomic E-state index is -0.609. The molecule has 1 aromatic carbocycles. The number of hydrogen-bond acceptors (Lipinski definition) is 10. The molecule has 0 aliphatic carbocycles. The molecule has 0 spiro atoms. The standard InChI is InChI=1S/C26H33ClN2O8/c1-16-11-17(2)25(27)21-13-20(29-36-15-23(31)34-5)12-19(28-35-14-22(30)33-4)10-8-6-7-9-18(3)37-26(32)24(16)21/h6-7,11-12,18,28H,8-10,13-15H2,1-5H3/b7-6+,19-12-,29-20+. The molecule has 0 amide bonds. The molecule has 0 bridgehead atoms. The molecule has 1 heterocycles. The number of benzene rings is 1. The van der Waals surface area contributed by atoms with E-state index in [9.17, 15) is 14.4 Å². The van der Waals surface area contributed by atoms with Crippen LogP contribution in [0.25, 0.3) is 0 Å². The SMILES string of the molecule is COC(=O)CO/N=C1\C=C(/NOCC(=O)OC)CC/C=C/CC(C)OC(=O)c2c(C)cc(C)c(Cl)c2C1. The van der Waals surface area contributed by atoms with Gasteiger partial charge in [0, 0.05) is 23.6 Å². The number of methoxy groups -OCH3 is 2. The van der Waals surface area contributed by atoms with Crippen molar-refractivity contribution in [2.75, 3.05) is 27.4 Å². The summed E-state index contributed by atoms with van der Waals surface area (Å²) in [5, 5.41) is 4.50.